The summed E-state index contributed by atoms with van der Waals surface area (Å²) in [6.45, 7) is 6.49. The van der Waals surface area contributed by atoms with Gasteiger partial charge in [0, 0.05) is 32.7 Å². The molecule has 2 aliphatic rings. The molecule has 21 heavy (non-hydrogen) atoms. The number of phenolic OH excluding ortho intramolecular Hbond substituents is 1. The first-order chi connectivity index (χ1) is 10.2. The Morgan fingerprint density at radius 2 is 2.29 bits per heavy atom. The van der Waals surface area contributed by atoms with Crippen LogP contribution in [0, 0.1) is 0 Å². The molecular weight excluding hydrogens is 270 g/mol. The zero-order valence-electron chi connectivity index (χ0n) is 12.2. The van der Waals surface area contributed by atoms with Gasteiger partial charge in [0.05, 0.1) is 12.6 Å². The Morgan fingerprint density at radius 1 is 1.43 bits per heavy atom. The minimum Gasteiger partial charge on any atom is -0.504 e. The van der Waals surface area contributed by atoms with E-state index in [1.54, 1.807) is 6.07 Å². The standard InChI is InChI=1S/C15H21N3O3/c1-2-21-14-7-11(3-4-13(14)19)9-17-5-6-18-12(10-17)8-16-15(18)20/h3-4,7,12,19H,2,5-6,8-10H2,1H3,(H,16,20). The third kappa shape index (κ3) is 2.90. The normalized spacial score (nSPS) is 22.0. The Labute approximate surface area is 124 Å². The zero-order valence-corrected chi connectivity index (χ0v) is 12.2. The van der Waals surface area contributed by atoms with Crippen LogP contribution in [0.2, 0.25) is 0 Å². The minimum atomic E-state index is 0.0583. The van der Waals surface area contributed by atoms with E-state index in [-0.39, 0.29) is 17.8 Å². The lowest BCUT2D eigenvalue weighted by Gasteiger charge is -2.36. The topological polar surface area (TPSA) is 65.0 Å². The highest BCUT2D eigenvalue weighted by Crippen LogP contribution is 2.27. The van der Waals surface area contributed by atoms with Gasteiger partial charge in [-0.25, -0.2) is 4.79 Å². The van der Waals surface area contributed by atoms with E-state index in [1.807, 2.05) is 24.0 Å². The number of fused-ring (bicyclic) bond motifs is 1. The molecule has 1 atom stereocenters. The summed E-state index contributed by atoms with van der Waals surface area (Å²) in [7, 11) is 0. The van der Waals surface area contributed by atoms with Crippen molar-refractivity contribution in [3.05, 3.63) is 23.8 Å². The average Bonchev–Trinajstić information content (AvgIpc) is 2.84. The van der Waals surface area contributed by atoms with Crippen LogP contribution in [0.15, 0.2) is 18.2 Å². The monoisotopic (exact) mass is 291 g/mol. The molecule has 0 bridgehead atoms. The SMILES string of the molecule is CCOc1cc(CN2CCN3C(=O)NCC3C2)ccc1O. The molecule has 3 rings (SSSR count). The molecule has 1 aromatic rings. The van der Waals surface area contributed by atoms with Gasteiger partial charge in [-0.2, -0.15) is 0 Å². The zero-order chi connectivity index (χ0) is 14.8. The molecule has 6 heteroatoms. The van der Waals surface area contributed by atoms with E-state index in [1.165, 1.54) is 0 Å². The van der Waals surface area contributed by atoms with Gasteiger partial charge in [0.25, 0.3) is 0 Å². The Morgan fingerprint density at radius 3 is 3.10 bits per heavy atom. The van der Waals surface area contributed by atoms with Crippen molar-refractivity contribution in [1.82, 2.24) is 15.1 Å². The summed E-state index contributed by atoms with van der Waals surface area (Å²) in [6, 6.07) is 5.82. The average molecular weight is 291 g/mol. The number of nitrogens with zero attached hydrogens (tertiary/aromatic N) is 2. The molecular formula is C15H21N3O3. The molecule has 2 heterocycles. The highest BCUT2D eigenvalue weighted by Gasteiger charge is 2.35. The van der Waals surface area contributed by atoms with E-state index >= 15 is 0 Å². The van der Waals surface area contributed by atoms with Gasteiger partial charge < -0.3 is 20.1 Å². The van der Waals surface area contributed by atoms with Crippen molar-refractivity contribution in [3.8, 4) is 11.5 Å². The molecule has 114 valence electrons. The second-order valence-electron chi connectivity index (χ2n) is 5.50. The van der Waals surface area contributed by atoms with Gasteiger partial charge in [-0.15, -0.1) is 0 Å². The first-order valence-corrected chi connectivity index (χ1v) is 7.39. The van der Waals surface area contributed by atoms with Crippen LogP contribution in [-0.2, 0) is 6.54 Å². The molecule has 6 nitrogen and oxygen atoms in total. The van der Waals surface area contributed by atoms with Crippen LogP contribution in [0.5, 0.6) is 11.5 Å². The number of benzene rings is 1. The minimum absolute atomic E-state index is 0.0583. The summed E-state index contributed by atoms with van der Waals surface area (Å²) >= 11 is 0. The fraction of sp³-hybridized carbons (Fsp3) is 0.533. The van der Waals surface area contributed by atoms with E-state index in [4.69, 9.17) is 4.74 Å². The molecule has 2 amide bonds. The predicted octanol–water partition coefficient (Wildman–Crippen LogP) is 1.00. The lowest BCUT2D eigenvalue weighted by Crippen LogP contribution is -2.51. The molecule has 0 spiro atoms. The molecule has 1 unspecified atom stereocenters. The van der Waals surface area contributed by atoms with Crippen molar-refractivity contribution in [1.29, 1.82) is 0 Å². The number of nitrogens with one attached hydrogen (secondary N) is 1. The Balaban J connectivity index is 1.64. The Hall–Kier alpha value is -1.95. The number of urea groups is 1. The Kier molecular flexibility index (Phi) is 3.88. The molecule has 0 aromatic heterocycles. The summed E-state index contributed by atoms with van der Waals surface area (Å²) in [5.74, 6) is 0.711. The number of carbonyl (C=O) groups excluding carboxylic acids is 1. The van der Waals surface area contributed by atoms with Crippen molar-refractivity contribution in [3.63, 3.8) is 0 Å². The maximum Gasteiger partial charge on any atom is 0.317 e. The fourth-order valence-corrected chi connectivity index (χ4v) is 3.00. The van der Waals surface area contributed by atoms with Crippen molar-refractivity contribution in [2.24, 2.45) is 0 Å². The van der Waals surface area contributed by atoms with E-state index in [2.05, 4.69) is 10.2 Å². The highest BCUT2D eigenvalue weighted by molar-refractivity contribution is 5.77. The second kappa shape index (κ2) is 5.81. The lowest BCUT2D eigenvalue weighted by molar-refractivity contribution is 0.116. The van der Waals surface area contributed by atoms with Gasteiger partial charge >= 0.3 is 6.03 Å². The maximum atomic E-state index is 11.6. The van der Waals surface area contributed by atoms with Crippen LogP contribution in [0.1, 0.15) is 12.5 Å². The quantitative estimate of drug-likeness (QED) is 0.868. The number of amides is 2. The molecule has 1 aromatic carbocycles. The largest absolute Gasteiger partial charge is 0.504 e. The van der Waals surface area contributed by atoms with Gasteiger partial charge in [-0.3, -0.25) is 4.90 Å². The molecule has 0 aliphatic carbocycles. The number of hydrogen-bond donors (Lipinski definition) is 2. The van der Waals surface area contributed by atoms with Gasteiger partial charge in [-0.05, 0) is 24.6 Å². The third-order valence-electron chi connectivity index (χ3n) is 4.05. The van der Waals surface area contributed by atoms with Crippen LogP contribution >= 0.6 is 0 Å². The predicted molar refractivity (Wildman–Crippen MR) is 78.4 cm³/mol. The number of carbonyl (C=O) groups is 1. The highest BCUT2D eigenvalue weighted by atomic mass is 16.5. The summed E-state index contributed by atoms with van der Waals surface area (Å²) in [5, 5.41) is 12.6. The van der Waals surface area contributed by atoms with E-state index < -0.39 is 0 Å². The first kappa shape index (κ1) is 14.0. The second-order valence-corrected chi connectivity index (χ2v) is 5.50. The number of ether oxygens (including phenoxy) is 1. The number of rotatable bonds is 4. The summed E-state index contributed by atoms with van der Waals surface area (Å²) in [4.78, 5) is 15.8. The van der Waals surface area contributed by atoms with Crippen molar-refractivity contribution >= 4 is 6.03 Å². The van der Waals surface area contributed by atoms with Gasteiger partial charge in [0.1, 0.15) is 0 Å². The first-order valence-electron chi connectivity index (χ1n) is 7.39. The molecule has 2 N–H and O–H groups in total. The smallest absolute Gasteiger partial charge is 0.317 e. The summed E-state index contributed by atoms with van der Waals surface area (Å²) in [6.07, 6.45) is 0. The number of hydrogen-bond acceptors (Lipinski definition) is 4. The van der Waals surface area contributed by atoms with Gasteiger partial charge in [-0.1, -0.05) is 6.07 Å². The summed E-state index contributed by atoms with van der Waals surface area (Å²) < 4.78 is 5.42. The van der Waals surface area contributed by atoms with Crippen LogP contribution in [0.4, 0.5) is 4.79 Å². The summed E-state index contributed by atoms with van der Waals surface area (Å²) in [5.41, 5.74) is 1.11. The van der Waals surface area contributed by atoms with Crippen molar-refractivity contribution in [2.45, 2.75) is 19.5 Å². The Bertz CT molecular complexity index is 535. The van der Waals surface area contributed by atoms with E-state index in [9.17, 15) is 9.90 Å². The lowest BCUT2D eigenvalue weighted by atomic mass is 10.1. The fourth-order valence-electron chi connectivity index (χ4n) is 3.00. The molecule has 2 aliphatic heterocycles. The van der Waals surface area contributed by atoms with Crippen LogP contribution in [0.3, 0.4) is 0 Å². The third-order valence-corrected chi connectivity index (χ3v) is 4.05. The number of aromatic hydroxyl groups is 1. The molecule has 2 saturated heterocycles. The van der Waals surface area contributed by atoms with Crippen LogP contribution in [0.25, 0.3) is 0 Å². The van der Waals surface area contributed by atoms with Gasteiger partial charge in [0.15, 0.2) is 11.5 Å². The van der Waals surface area contributed by atoms with E-state index in [0.29, 0.717) is 12.4 Å². The molecule has 2 fully saturated rings. The van der Waals surface area contributed by atoms with Crippen LogP contribution in [-0.4, -0.2) is 59.8 Å². The maximum absolute atomic E-state index is 11.6. The molecule has 0 saturated carbocycles. The van der Waals surface area contributed by atoms with Crippen molar-refractivity contribution in [2.75, 3.05) is 32.8 Å². The molecule has 0 radical (unpaired) electrons. The number of phenols is 1. The number of piperazine rings is 1. The van der Waals surface area contributed by atoms with Gasteiger partial charge in [0.2, 0.25) is 0 Å². The van der Waals surface area contributed by atoms with E-state index in [0.717, 1.165) is 38.3 Å². The van der Waals surface area contributed by atoms with Crippen molar-refractivity contribution < 1.29 is 14.6 Å². The van der Waals surface area contributed by atoms with Crippen LogP contribution < -0.4 is 10.1 Å².